The molecule has 1 aromatic heterocycles. The molecule has 1 aromatic carbocycles. The second kappa shape index (κ2) is 5.04. The van der Waals surface area contributed by atoms with Crippen molar-refractivity contribution in [2.45, 2.75) is 5.16 Å². The highest BCUT2D eigenvalue weighted by molar-refractivity contribution is 7.99. The summed E-state index contributed by atoms with van der Waals surface area (Å²) in [4.78, 5) is 14.9. The number of benzene rings is 1. The van der Waals surface area contributed by atoms with Gasteiger partial charge in [-0.1, -0.05) is 11.8 Å². The third-order valence-corrected chi connectivity index (χ3v) is 3.68. The molecule has 0 atom stereocenters. The van der Waals surface area contributed by atoms with Crippen molar-refractivity contribution in [1.82, 2.24) is 14.8 Å². The number of aromatic nitrogens is 3. The molecule has 0 fully saturated rings. The molecule has 1 aliphatic heterocycles. The van der Waals surface area contributed by atoms with Crippen LogP contribution in [0.3, 0.4) is 0 Å². The third-order valence-electron chi connectivity index (χ3n) is 2.68. The first kappa shape index (κ1) is 12.8. The van der Waals surface area contributed by atoms with Crippen LogP contribution in [0.2, 0.25) is 0 Å². The van der Waals surface area contributed by atoms with E-state index in [0.717, 1.165) is 17.3 Å². The molecule has 0 bridgehead atoms. The van der Waals surface area contributed by atoms with E-state index in [2.05, 4.69) is 10.1 Å². The first-order valence-electron chi connectivity index (χ1n) is 5.79. The highest BCUT2D eigenvalue weighted by Gasteiger charge is 2.17. The van der Waals surface area contributed by atoms with Gasteiger partial charge in [0.1, 0.15) is 0 Å². The number of rotatable bonds is 4. The van der Waals surface area contributed by atoms with Crippen LogP contribution in [0.15, 0.2) is 23.4 Å². The van der Waals surface area contributed by atoms with Crippen molar-refractivity contribution in [1.29, 1.82) is 0 Å². The Kier molecular flexibility index (Phi) is 3.23. The van der Waals surface area contributed by atoms with Crippen LogP contribution in [0, 0.1) is 0 Å². The zero-order valence-electron chi connectivity index (χ0n) is 10.6. The molecule has 1 N–H and O–H groups in total. The summed E-state index contributed by atoms with van der Waals surface area (Å²) in [7, 11) is 1.73. The van der Waals surface area contributed by atoms with Crippen molar-refractivity contribution in [3.05, 3.63) is 18.2 Å². The number of hydrogen-bond donors (Lipinski definition) is 1. The average molecular weight is 293 g/mol. The van der Waals surface area contributed by atoms with E-state index in [0.29, 0.717) is 22.5 Å². The summed E-state index contributed by atoms with van der Waals surface area (Å²) in [5, 5.41) is 13.5. The van der Waals surface area contributed by atoms with Gasteiger partial charge in [0.2, 0.25) is 6.79 Å². The molecule has 0 saturated heterocycles. The van der Waals surface area contributed by atoms with Gasteiger partial charge in [-0.25, -0.2) is 9.67 Å². The minimum Gasteiger partial charge on any atom is -0.481 e. The Hall–Kier alpha value is -2.22. The number of carboxylic acid groups (broad SMARTS) is 1. The summed E-state index contributed by atoms with van der Waals surface area (Å²) in [6.45, 7) is 0.216. The molecule has 7 nitrogen and oxygen atoms in total. The van der Waals surface area contributed by atoms with Crippen LogP contribution in [0.4, 0.5) is 0 Å². The molecule has 2 aromatic rings. The smallest absolute Gasteiger partial charge is 0.313 e. The van der Waals surface area contributed by atoms with Crippen LogP contribution in [0.25, 0.3) is 11.4 Å². The van der Waals surface area contributed by atoms with Crippen molar-refractivity contribution in [2.24, 2.45) is 7.05 Å². The number of ether oxygens (including phenoxy) is 2. The molecule has 0 radical (unpaired) electrons. The lowest BCUT2D eigenvalue weighted by molar-refractivity contribution is -0.133. The predicted octanol–water partition coefficient (Wildman–Crippen LogP) is 1.39. The zero-order valence-corrected chi connectivity index (χ0v) is 11.4. The van der Waals surface area contributed by atoms with Gasteiger partial charge in [-0.2, -0.15) is 5.10 Å². The zero-order chi connectivity index (χ0) is 14.1. The van der Waals surface area contributed by atoms with E-state index >= 15 is 0 Å². The summed E-state index contributed by atoms with van der Waals surface area (Å²) in [5.41, 5.74) is 0.798. The molecule has 0 aliphatic carbocycles. The minimum absolute atomic E-state index is 0.0485. The molecule has 8 heteroatoms. The number of aliphatic carboxylic acids is 1. The van der Waals surface area contributed by atoms with Crippen molar-refractivity contribution in [2.75, 3.05) is 12.5 Å². The van der Waals surface area contributed by atoms with Gasteiger partial charge in [0, 0.05) is 12.6 Å². The SMILES string of the molecule is Cn1nc(-c2ccc3c(c2)OCO3)nc1SCC(=O)O. The number of fused-ring (bicyclic) bond motifs is 1. The standard InChI is InChI=1S/C12H11N3O4S/c1-15-12(20-5-10(16)17)13-11(14-15)7-2-3-8-9(4-7)19-6-18-8/h2-4H,5-6H2,1H3,(H,16,17). The maximum atomic E-state index is 10.6. The van der Waals surface area contributed by atoms with Gasteiger partial charge in [-0.05, 0) is 18.2 Å². The van der Waals surface area contributed by atoms with Crippen LogP contribution >= 0.6 is 11.8 Å². The van der Waals surface area contributed by atoms with Crippen LogP contribution < -0.4 is 9.47 Å². The molecule has 0 saturated carbocycles. The van der Waals surface area contributed by atoms with E-state index in [-0.39, 0.29) is 12.5 Å². The van der Waals surface area contributed by atoms with E-state index in [4.69, 9.17) is 14.6 Å². The molecule has 1 aliphatic rings. The van der Waals surface area contributed by atoms with Gasteiger partial charge in [0.05, 0.1) is 5.75 Å². The highest BCUT2D eigenvalue weighted by atomic mass is 32.2. The predicted molar refractivity (Wildman–Crippen MR) is 70.9 cm³/mol. The number of hydrogen-bond acceptors (Lipinski definition) is 6. The minimum atomic E-state index is -0.886. The largest absolute Gasteiger partial charge is 0.481 e. The number of aryl methyl sites for hydroxylation is 1. The fourth-order valence-electron chi connectivity index (χ4n) is 1.78. The number of carbonyl (C=O) groups is 1. The number of carboxylic acids is 1. The second-order valence-corrected chi connectivity index (χ2v) is 5.03. The van der Waals surface area contributed by atoms with Crippen LogP contribution in [-0.4, -0.2) is 38.4 Å². The quantitative estimate of drug-likeness (QED) is 0.852. The van der Waals surface area contributed by atoms with Gasteiger partial charge in [0.25, 0.3) is 0 Å². The second-order valence-electron chi connectivity index (χ2n) is 4.09. The number of nitrogens with zero attached hydrogens (tertiary/aromatic N) is 3. The molecular formula is C12H11N3O4S. The van der Waals surface area contributed by atoms with E-state index in [1.165, 1.54) is 0 Å². The Morgan fingerprint density at radius 1 is 1.45 bits per heavy atom. The topological polar surface area (TPSA) is 86.5 Å². The number of thioether (sulfide) groups is 1. The highest BCUT2D eigenvalue weighted by Crippen LogP contribution is 2.35. The van der Waals surface area contributed by atoms with Crippen molar-refractivity contribution in [3.63, 3.8) is 0 Å². The van der Waals surface area contributed by atoms with Gasteiger partial charge in [-0.15, -0.1) is 0 Å². The van der Waals surface area contributed by atoms with Crippen molar-refractivity contribution >= 4 is 17.7 Å². The molecule has 2 heterocycles. The summed E-state index contributed by atoms with van der Waals surface area (Å²) in [6.07, 6.45) is 0. The van der Waals surface area contributed by atoms with E-state index in [1.54, 1.807) is 17.8 Å². The third kappa shape index (κ3) is 2.42. The van der Waals surface area contributed by atoms with Gasteiger partial charge < -0.3 is 14.6 Å². The molecule has 0 amide bonds. The molecule has 104 valence electrons. The lowest BCUT2D eigenvalue weighted by atomic mass is 10.2. The monoisotopic (exact) mass is 293 g/mol. The Morgan fingerprint density at radius 3 is 3.05 bits per heavy atom. The van der Waals surface area contributed by atoms with E-state index < -0.39 is 5.97 Å². The Labute approximate surface area is 118 Å². The summed E-state index contributed by atoms with van der Waals surface area (Å²) < 4.78 is 12.1. The Bertz CT molecular complexity index is 671. The van der Waals surface area contributed by atoms with Crippen LogP contribution in [0.1, 0.15) is 0 Å². The van der Waals surface area contributed by atoms with Gasteiger partial charge >= 0.3 is 5.97 Å². The van der Waals surface area contributed by atoms with Gasteiger partial charge in [0.15, 0.2) is 22.5 Å². The normalized spacial score (nSPS) is 12.7. The first-order chi connectivity index (χ1) is 9.63. The lowest BCUT2D eigenvalue weighted by Crippen LogP contribution is -2.00. The summed E-state index contributed by atoms with van der Waals surface area (Å²) >= 11 is 1.13. The van der Waals surface area contributed by atoms with E-state index in [9.17, 15) is 4.79 Å². The molecule has 0 spiro atoms. The summed E-state index contributed by atoms with van der Waals surface area (Å²) in [6, 6.07) is 5.45. The first-order valence-corrected chi connectivity index (χ1v) is 6.77. The van der Waals surface area contributed by atoms with Crippen molar-refractivity contribution < 1.29 is 19.4 Å². The fraction of sp³-hybridized carbons (Fsp3) is 0.250. The maximum absolute atomic E-state index is 10.6. The molecule has 0 unspecified atom stereocenters. The molecular weight excluding hydrogens is 282 g/mol. The Morgan fingerprint density at radius 2 is 2.25 bits per heavy atom. The van der Waals surface area contributed by atoms with Crippen LogP contribution in [0.5, 0.6) is 11.5 Å². The summed E-state index contributed by atoms with van der Waals surface area (Å²) in [5.74, 6) is 0.953. The lowest BCUT2D eigenvalue weighted by Gasteiger charge is -1.98. The molecule has 20 heavy (non-hydrogen) atoms. The van der Waals surface area contributed by atoms with Gasteiger partial charge in [-0.3, -0.25) is 4.79 Å². The fourth-order valence-corrected chi connectivity index (χ4v) is 2.41. The van der Waals surface area contributed by atoms with Crippen LogP contribution in [-0.2, 0) is 11.8 Å². The Balaban J connectivity index is 1.87. The van der Waals surface area contributed by atoms with Crippen molar-refractivity contribution in [3.8, 4) is 22.9 Å². The maximum Gasteiger partial charge on any atom is 0.313 e. The van der Waals surface area contributed by atoms with E-state index in [1.807, 2.05) is 12.1 Å². The molecule has 3 rings (SSSR count). The average Bonchev–Trinajstić information content (AvgIpc) is 3.01.